The van der Waals surface area contributed by atoms with Crippen LogP contribution in [0.4, 0.5) is 0 Å². The van der Waals surface area contributed by atoms with Crippen molar-refractivity contribution in [3.8, 4) is 39.7 Å². The zero-order chi connectivity index (χ0) is 34.9. The zero-order valence-electron chi connectivity index (χ0n) is 29.9. The van der Waals surface area contributed by atoms with Gasteiger partial charge in [0.2, 0.25) is 0 Å². The van der Waals surface area contributed by atoms with E-state index >= 15 is 0 Å². The number of nitrogens with zero attached hydrogens (tertiary/aromatic N) is 3. The fourth-order valence-corrected chi connectivity index (χ4v) is 5.61. The quantitative estimate of drug-likeness (QED) is 0.167. The average molecular weight is 819 g/mol. The van der Waals surface area contributed by atoms with E-state index in [0.717, 1.165) is 44.6 Å². The van der Waals surface area contributed by atoms with Crippen molar-refractivity contribution < 1.29 is 25.9 Å². The Bertz CT molecular complexity index is 2310. The largest absolute Gasteiger partial charge is 0.500 e. The molecule has 0 atom stereocenters. The number of aryl methyl sites for hydroxylation is 1. The maximum Gasteiger partial charge on any atom is 0.130 e. The molecule has 4 aromatic carbocycles. The molecular weight excluding hydrogens is 779 g/mol. The van der Waals surface area contributed by atoms with Gasteiger partial charge in [0.15, 0.2) is 0 Å². The topological polar surface area (TPSA) is 62.7 Å². The minimum atomic E-state index is -0.0256. The number of hydrogen-bond acceptors (Lipinski definition) is 4. The molecule has 7 rings (SSSR count). The molecule has 0 spiro atoms. The van der Waals surface area contributed by atoms with E-state index in [-0.39, 0.29) is 30.9 Å². The number of fused-ring (bicyclic) bond motifs is 3. The Labute approximate surface area is 304 Å². The van der Waals surface area contributed by atoms with Crippen molar-refractivity contribution in [1.82, 2.24) is 9.97 Å². The minimum absolute atomic E-state index is 0. The number of aromatic nitrogens is 2. The summed E-state index contributed by atoms with van der Waals surface area (Å²) in [5.74, 6) is 0. The van der Waals surface area contributed by atoms with Crippen LogP contribution in [0, 0.1) is 30.4 Å². The molecule has 0 amide bonds. The van der Waals surface area contributed by atoms with Crippen molar-refractivity contribution in [2.75, 3.05) is 0 Å². The van der Waals surface area contributed by atoms with E-state index in [4.69, 9.17) is 5.79 Å². The first kappa shape index (κ1) is 34.0. The second-order valence-electron chi connectivity index (χ2n) is 14.1. The van der Waals surface area contributed by atoms with E-state index in [0.29, 0.717) is 28.2 Å². The van der Waals surface area contributed by atoms with Crippen LogP contribution in [0.15, 0.2) is 114 Å². The summed E-state index contributed by atoms with van der Waals surface area (Å²) in [6.45, 7) is 15.2. The van der Waals surface area contributed by atoms with E-state index in [1.807, 2.05) is 61.7 Å². The molecule has 3 heterocycles. The molecule has 0 N–H and O–H groups in total. The van der Waals surface area contributed by atoms with E-state index < -0.39 is 0 Å². The number of benzene rings is 4. The molecule has 7 aromatic rings. The summed E-state index contributed by atoms with van der Waals surface area (Å²) >= 11 is 0. The van der Waals surface area contributed by atoms with Crippen molar-refractivity contribution in [2.24, 2.45) is 0 Å². The third-order valence-corrected chi connectivity index (χ3v) is 8.45. The van der Waals surface area contributed by atoms with Crippen LogP contribution in [0.1, 0.15) is 65.2 Å². The molecule has 4 nitrogen and oxygen atoms in total. The van der Waals surface area contributed by atoms with E-state index in [1.165, 1.54) is 11.1 Å². The molecule has 0 fully saturated rings. The van der Waals surface area contributed by atoms with E-state index in [2.05, 4.69) is 100 Å². The first-order valence-electron chi connectivity index (χ1n) is 16.6. The van der Waals surface area contributed by atoms with Crippen LogP contribution in [0.3, 0.4) is 0 Å². The van der Waals surface area contributed by atoms with Crippen molar-refractivity contribution >= 4 is 21.9 Å². The van der Waals surface area contributed by atoms with E-state index in [9.17, 15) is 5.26 Å². The van der Waals surface area contributed by atoms with Crippen LogP contribution in [-0.2, 0) is 30.9 Å². The Balaban J connectivity index is 0.000000229. The number of hydrogen-bond donors (Lipinski definition) is 0. The summed E-state index contributed by atoms with van der Waals surface area (Å²) in [5, 5.41) is 11.3. The monoisotopic (exact) mass is 819 g/mol. The molecule has 0 aliphatic carbocycles. The summed E-state index contributed by atoms with van der Waals surface area (Å²) in [7, 11) is 0. The third-order valence-electron chi connectivity index (χ3n) is 8.45. The van der Waals surface area contributed by atoms with Gasteiger partial charge in [0.1, 0.15) is 5.58 Å². The zero-order valence-corrected chi connectivity index (χ0v) is 31.3. The molecular formula is C44H39IrN3O-2. The van der Waals surface area contributed by atoms with Gasteiger partial charge in [-0.05, 0) is 59.3 Å². The Morgan fingerprint density at radius 1 is 0.776 bits per heavy atom. The van der Waals surface area contributed by atoms with Crippen molar-refractivity contribution in [3.63, 3.8) is 0 Å². The third kappa shape index (κ3) is 7.57. The van der Waals surface area contributed by atoms with Gasteiger partial charge < -0.3 is 14.4 Å². The molecule has 3 aromatic heterocycles. The van der Waals surface area contributed by atoms with Gasteiger partial charge in [0, 0.05) is 43.4 Å². The molecule has 0 bridgehead atoms. The maximum atomic E-state index is 9.76. The van der Waals surface area contributed by atoms with Gasteiger partial charge in [-0.25, -0.2) is 0 Å². The van der Waals surface area contributed by atoms with Gasteiger partial charge in [-0.2, -0.15) is 5.26 Å². The van der Waals surface area contributed by atoms with Gasteiger partial charge in [-0.3, -0.25) is 0 Å². The Kier molecular flexibility index (Phi) is 9.93. The molecule has 0 saturated carbocycles. The maximum absolute atomic E-state index is 9.76. The van der Waals surface area contributed by atoms with Gasteiger partial charge in [0.25, 0.3) is 0 Å². The molecule has 0 aliphatic heterocycles. The smallest absolute Gasteiger partial charge is 0.130 e. The predicted octanol–water partition coefficient (Wildman–Crippen LogP) is 11.4. The molecule has 0 saturated heterocycles. The summed E-state index contributed by atoms with van der Waals surface area (Å²) in [5.41, 5.74) is 10.6. The average Bonchev–Trinajstić information content (AvgIpc) is 3.49. The summed E-state index contributed by atoms with van der Waals surface area (Å²) in [6, 6.07) is 38.7. The fraction of sp³-hybridized carbons (Fsp3) is 0.205. The minimum Gasteiger partial charge on any atom is -0.500 e. The Morgan fingerprint density at radius 2 is 1.53 bits per heavy atom. The molecule has 49 heavy (non-hydrogen) atoms. The van der Waals surface area contributed by atoms with Crippen LogP contribution in [-0.4, -0.2) is 9.97 Å². The molecule has 0 aliphatic rings. The fourth-order valence-electron chi connectivity index (χ4n) is 5.61. The van der Waals surface area contributed by atoms with Gasteiger partial charge >= 0.3 is 0 Å². The van der Waals surface area contributed by atoms with Crippen LogP contribution >= 0.6 is 0 Å². The summed E-state index contributed by atoms with van der Waals surface area (Å²) in [4.78, 5) is 8.99. The van der Waals surface area contributed by atoms with Crippen LogP contribution in [0.2, 0.25) is 0 Å². The Hall–Kier alpha value is -4.88. The molecule has 1 radical (unpaired) electrons. The first-order valence-corrected chi connectivity index (χ1v) is 16.1. The van der Waals surface area contributed by atoms with Crippen molar-refractivity contribution in [1.29, 1.82) is 5.26 Å². The van der Waals surface area contributed by atoms with Crippen LogP contribution in [0.25, 0.3) is 55.6 Å². The predicted molar refractivity (Wildman–Crippen MR) is 197 cm³/mol. The van der Waals surface area contributed by atoms with Crippen LogP contribution < -0.4 is 0 Å². The van der Waals surface area contributed by atoms with Gasteiger partial charge in [0.05, 0.1) is 17.2 Å². The molecule has 5 heteroatoms. The van der Waals surface area contributed by atoms with Crippen molar-refractivity contribution in [2.45, 2.75) is 59.3 Å². The SMILES string of the molecule is Cc1ccc(-c2[c-]cc(C(C)(C)C)cc2)nc1.[2H]c1c[c-]c(-c2cc(C(C)(C)C)ccn2)c2oc3c(-c4ccccc4)c(C#N)ccc3c12.[Ir]. The normalized spacial score (nSPS) is 11.7. The number of nitriles is 1. The molecule has 0 unspecified atom stereocenters. The number of rotatable bonds is 3. The van der Waals surface area contributed by atoms with E-state index in [1.54, 1.807) is 18.3 Å². The standard InChI is InChI=1S/C28H21N2O.C16H18N.Ir/c1-28(2,3)20-14-15-30-24(16-20)23-11-7-10-21-22-13-12-19(17-29)25(27(22)31-26(21)23)18-8-5-4-6-9-18;1-12-5-10-15(17-11-12)13-6-8-14(9-7-13)16(2,3)4;/h4-10,12-16H,1-3H3;5-6,8-11H,1-4H3;/q2*-1;/i10D;;. The Morgan fingerprint density at radius 3 is 2.16 bits per heavy atom. The second kappa shape index (κ2) is 14.3. The summed E-state index contributed by atoms with van der Waals surface area (Å²) in [6.07, 6.45) is 3.69. The van der Waals surface area contributed by atoms with Crippen molar-refractivity contribution in [3.05, 3.63) is 144 Å². The number of pyridine rings is 2. The van der Waals surface area contributed by atoms with Crippen LogP contribution in [0.5, 0.6) is 0 Å². The number of furan rings is 1. The van der Waals surface area contributed by atoms with Gasteiger partial charge in [-0.15, -0.1) is 53.6 Å². The first-order chi connectivity index (χ1) is 23.3. The molecule has 247 valence electrons. The second-order valence-corrected chi connectivity index (χ2v) is 14.1. The summed E-state index contributed by atoms with van der Waals surface area (Å²) < 4.78 is 15.0. The van der Waals surface area contributed by atoms with Gasteiger partial charge in [-0.1, -0.05) is 107 Å².